The van der Waals surface area contributed by atoms with E-state index in [2.05, 4.69) is 10.0 Å². The second-order valence-corrected chi connectivity index (χ2v) is 7.71. The molecule has 0 aromatic heterocycles. The standard InChI is InChI=1S/C16H18N2O3S2/c1-11-4-5-12(10-15(11)18-23(3,20)21)16(19)17-13-6-8-14(22-2)9-7-13/h4-10,18H,1-3H3,(H,17,19). The van der Waals surface area contributed by atoms with Gasteiger partial charge in [0, 0.05) is 16.1 Å². The molecule has 0 saturated carbocycles. The summed E-state index contributed by atoms with van der Waals surface area (Å²) in [6.45, 7) is 1.77. The molecule has 2 rings (SSSR count). The summed E-state index contributed by atoms with van der Waals surface area (Å²) < 4.78 is 25.2. The fourth-order valence-corrected chi connectivity index (χ4v) is 2.98. The van der Waals surface area contributed by atoms with Crippen molar-refractivity contribution >= 4 is 39.1 Å². The average Bonchev–Trinajstić information content (AvgIpc) is 2.49. The van der Waals surface area contributed by atoms with Crippen molar-refractivity contribution in [3.05, 3.63) is 53.6 Å². The van der Waals surface area contributed by atoms with Gasteiger partial charge in [0.15, 0.2) is 0 Å². The molecule has 0 fully saturated rings. The third-order valence-electron chi connectivity index (χ3n) is 3.14. The molecule has 0 bridgehead atoms. The maximum atomic E-state index is 12.3. The van der Waals surface area contributed by atoms with E-state index in [1.54, 1.807) is 30.8 Å². The van der Waals surface area contributed by atoms with E-state index in [4.69, 9.17) is 0 Å². The summed E-state index contributed by atoms with van der Waals surface area (Å²) in [5, 5.41) is 2.79. The Morgan fingerprint density at radius 1 is 1.09 bits per heavy atom. The fourth-order valence-electron chi connectivity index (χ4n) is 1.95. The Morgan fingerprint density at radius 3 is 2.30 bits per heavy atom. The molecule has 5 nitrogen and oxygen atoms in total. The van der Waals surface area contributed by atoms with Gasteiger partial charge < -0.3 is 5.32 Å². The lowest BCUT2D eigenvalue weighted by atomic mass is 10.1. The molecule has 23 heavy (non-hydrogen) atoms. The minimum absolute atomic E-state index is 0.293. The molecule has 0 aliphatic carbocycles. The van der Waals surface area contributed by atoms with Crippen LogP contribution in [0.5, 0.6) is 0 Å². The van der Waals surface area contributed by atoms with Gasteiger partial charge in [-0.3, -0.25) is 9.52 Å². The molecule has 2 N–H and O–H groups in total. The molecule has 2 aromatic rings. The fraction of sp³-hybridized carbons (Fsp3) is 0.188. The van der Waals surface area contributed by atoms with Crippen LogP contribution in [0.3, 0.4) is 0 Å². The number of sulfonamides is 1. The molecule has 0 radical (unpaired) electrons. The normalized spacial score (nSPS) is 11.1. The molecular weight excluding hydrogens is 332 g/mol. The van der Waals surface area contributed by atoms with Crippen LogP contribution in [-0.4, -0.2) is 26.8 Å². The van der Waals surface area contributed by atoms with Crippen LogP contribution in [0.2, 0.25) is 0 Å². The van der Waals surface area contributed by atoms with Gasteiger partial charge in [0.05, 0.1) is 11.9 Å². The molecule has 0 aliphatic rings. The number of thioether (sulfide) groups is 1. The number of anilines is 2. The van der Waals surface area contributed by atoms with Gasteiger partial charge in [-0.15, -0.1) is 11.8 Å². The molecule has 122 valence electrons. The highest BCUT2D eigenvalue weighted by atomic mass is 32.2. The highest BCUT2D eigenvalue weighted by Crippen LogP contribution is 2.20. The second-order valence-electron chi connectivity index (χ2n) is 5.09. The lowest BCUT2D eigenvalue weighted by Crippen LogP contribution is -2.14. The van der Waals surface area contributed by atoms with Gasteiger partial charge in [0.25, 0.3) is 5.91 Å². The van der Waals surface area contributed by atoms with Gasteiger partial charge in [-0.05, 0) is 55.1 Å². The Morgan fingerprint density at radius 2 is 1.74 bits per heavy atom. The first-order valence-electron chi connectivity index (χ1n) is 6.82. The number of carbonyl (C=O) groups is 1. The van der Waals surface area contributed by atoms with Crippen molar-refractivity contribution in [2.24, 2.45) is 0 Å². The van der Waals surface area contributed by atoms with Crippen LogP contribution in [0.1, 0.15) is 15.9 Å². The molecule has 1 amide bonds. The summed E-state index contributed by atoms with van der Waals surface area (Å²) >= 11 is 1.62. The summed E-state index contributed by atoms with van der Waals surface area (Å²) in [5.41, 5.74) is 2.22. The van der Waals surface area contributed by atoms with Gasteiger partial charge >= 0.3 is 0 Å². The van der Waals surface area contributed by atoms with Crippen LogP contribution in [0.25, 0.3) is 0 Å². The Kier molecular flexibility index (Phi) is 5.33. The lowest BCUT2D eigenvalue weighted by Gasteiger charge is -2.11. The Hall–Kier alpha value is -1.99. The van der Waals surface area contributed by atoms with Crippen LogP contribution >= 0.6 is 11.8 Å². The zero-order valence-electron chi connectivity index (χ0n) is 13.1. The third kappa shape index (κ3) is 5.01. The first-order chi connectivity index (χ1) is 10.8. The maximum absolute atomic E-state index is 12.3. The SMILES string of the molecule is CSc1ccc(NC(=O)c2ccc(C)c(NS(C)(=O)=O)c2)cc1. The number of hydrogen-bond acceptors (Lipinski definition) is 4. The average molecular weight is 350 g/mol. The predicted octanol–water partition coefficient (Wildman–Crippen LogP) is 3.34. The van der Waals surface area contributed by atoms with Gasteiger partial charge in [-0.2, -0.15) is 0 Å². The van der Waals surface area contributed by atoms with E-state index >= 15 is 0 Å². The van der Waals surface area contributed by atoms with Crippen LogP contribution < -0.4 is 10.0 Å². The van der Waals surface area contributed by atoms with E-state index in [1.165, 1.54) is 6.07 Å². The van der Waals surface area contributed by atoms with Crippen molar-refractivity contribution in [2.45, 2.75) is 11.8 Å². The lowest BCUT2D eigenvalue weighted by molar-refractivity contribution is 0.102. The second kappa shape index (κ2) is 7.06. The third-order valence-corrected chi connectivity index (χ3v) is 4.48. The summed E-state index contributed by atoms with van der Waals surface area (Å²) in [5.74, 6) is -0.293. The number of nitrogens with one attached hydrogen (secondary N) is 2. The van der Waals surface area contributed by atoms with Gasteiger partial charge in [0.1, 0.15) is 0 Å². The van der Waals surface area contributed by atoms with Crippen molar-refractivity contribution in [3.8, 4) is 0 Å². The Labute approximate surface area is 140 Å². The molecule has 7 heteroatoms. The molecule has 0 unspecified atom stereocenters. The van der Waals surface area contributed by atoms with Gasteiger partial charge in [-0.1, -0.05) is 6.07 Å². The zero-order valence-corrected chi connectivity index (χ0v) is 14.7. The summed E-state index contributed by atoms with van der Waals surface area (Å²) in [7, 11) is -3.39. The van der Waals surface area contributed by atoms with E-state index in [9.17, 15) is 13.2 Å². The molecule has 2 aromatic carbocycles. The highest BCUT2D eigenvalue weighted by molar-refractivity contribution is 7.98. The number of aryl methyl sites for hydroxylation is 1. The number of hydrogen-bond donors (Lipinski definition) is 2. The van der Waals surface area contributed by atoms with Crippen LogP contribution in [0.4, 0.5) is 11.4 Å². The topological polar surface area (TPSA) is 75.3 Å². The Bertz CT molecular complexity index is 816. The van der Waals surface area contributed by atoms with Gasteiger partial charge in [0.2, 0.25) is 10.0 Å². The first kappa shape index (κ1) is 17.4. The quantitative estimate of drug-likeness (QED) is 0.811. The summed E-state index contributed by atoms with van der Waals surface area (Å²) in [4.78, 5) is 13.4. The highest BCUT2D eigenvalue weighted by Gasteiger charge is 2.11. The Balaban J connectivity index is 2.20. The maximum Gasteiger partial charge on any atom is 0.255 e. The van der Waals surface area contributed by atoms with Crippen molar-refractivity contribution in [3.63, 3.8) is 0 Å². The molecule has 0 heterocycles. The number of benzene rings is 2. The van der Waals surface area contributed by atoms with Crippen molar-refractivity contribution in [1.82, 2.24) is 0 Å². The van der Waals surface area contributed by atoms with E-state index in [0.717, 1.165) is 16.7 Å². The first-order valence-corrected chi connectivity index (χ1v) is 9.94. The number of rotatable bonds is 5. The molecule has 0 spiro atoms. The minimum Gasteiger partial charge on any atom is -0.322 e. The largest absolute Gasteiger partial charge is 0.322 e. The van der Waals surface area contributed by atoms with Gasteiger partial charge in [-0.25, -0.2) is 8.42 Å². The summed E-state index contributed by atoms with van der Waals surface area (Å²) in [6.07, 6.45) is 3.06. The monoisotopic (exact) mass is 350 g/mol. The van der Waals surface area contributed by atoms with Crippen molar-refractivity contribution in [2.75, 3.05) is 22.6 Å². The van der Waals surface area contributed by atoms with Crippen molar-refractivity contribution in [1.29, 1.82) is 0 Å². The van der Waals surface area contributed by atoms with E-state index in [1.807, 2.05) is 30.5 Å². The van der Waals surface area contributed by atoms with Crippen LogP contribution in [0, 0.1) is 6.92 Å². The smallest absolute Gasteiger partial charge is 0.255 e. The molecule has 0 atom stereocenters. The number of amides is 1. The molecule has 0 aliphatic heterocycles. The summed E-state index contributed by atoms with van der Waals surface area (Å²) in [6, 6.07) is 12.4. The minimum atomic E-state index is -3.39. The van der Waals surface area contributed by atoms with Crippen LogP contribution in [0.15, 0.2) is 47.4 Å². The molecular formula is C16H18N2O3S2. The molecule has 0 saturated heterocycles. The van der Waals surface area contributed by atoms with E-state index in [-0.39, 0.29) is 5.91 Å². The predicted molar refractivity (Wildman–Crippen MR) is 95.8 cm³/mol. The van der Waals surface area contributed by atoms with E-state index in [0.29, 0.717) is 16.9 Å². The van der Waals surface area contributed by atoms with E-state index < -0.39 is 10.0 Å². The van der Waals surface area contributed by atoms with Crippen molar-refractivity contribution < 1.29 is 13.2 Å². The number of carbonyl (C=O) groups excluding carboxylic acids is 1. The van der Waals surface area contributed by atoms with Crippen LogP contribution in [-0.2, 0) is 10.0 Å². The zero-order chi connectivity index (χ0) is 17.0.